The highest BCUT2D eigenvalue weighted by Gasteiger charge is 2.30. The number of carbonyl (C=O) groups excluding carboxylic acids is 1. The molecule has 2 aromatic rings. The van der Waals surface area contributed by atoms with Crippen molar-refractivity contribution in [3.63, 3.8) is 0 Å². The summed E-state index contributed by atoms with van der Waals surface area (Å²) in [5.41, 5.74) is 3.37. The van der Waals surface area contributed by atoms with E-state index in [0.717, 1.165) is 38.3 Å². The minimum Gasteiger partial charge on any atom is -0.364 e. The first kappa shape index (κ1) is 14.5. The Kier molecular flexibility index (Phi) is 3.92. The minimum absolute atomic E-state index is 0.217. The Labute approximate surface area is 137 Å². The van der Waals surface area contributed by atoms with Crippen molar-refractivity contribution in [2.75, 3.05) is 19.6 Å². The van der Waals surface area contributed by atoms with Gasteiger partial charge in [0.05, 0.1) is 0 Å². The summed E-state index contributed by atoms with van der Waals surface area (Å²) in [5, 5.41) is 0. The summed E-state index contributed by atoms with van der Waals surface area (Å²) in [6, 6.07) is 12.2. The molecule has 2 aliphatic heterocycles. The number of fused-ring (bicyclic) bond motifs is 1. The first-order valence-electron chi connectivity index (χ1n) is 8.51. The van der Waals surface area contributed by atoms with Gasteiger partial charge in [0.1, 0.15) is 0 Å². The molecule has 1 N–H and O–H groups in total. The molecule has 1 aromatic heterocycles. The lowest BCUT2D eigenvalue weighted by Gasteiger charge is -2.33. The number of hydrogen-bond donors (Lipinski definition) is 1. The number of piperidine rings is 1. The Morgan fingerprint density at radius 1 is 1.09 bits per heavy atom. The number of nitrogens with zero attached hydrogens (tertiary/aromatic N) is 2. The molecule has 1 aromatic carbocycles. The van der Waals surface area contributed by atoms with Crippen molar-refractivity contribution in [1.29, 1.82) is 0 Å². The van der Waals surface area contributed by atoms with E-state index in [1.54, 1.807) is 0 Å². The number of amides is 1. The lowest BCUT2D eigenvalue weighted by atomic mass is 9.96. The normalized spacial score (nSPS) is 19.3. The average molecular weight is 309 g/mol. The molecule has 0 spiro atoms. The van der Waals surface area contributed by atoms with Gasteiger partial charge < -0.3 is 9.88 Å². The van der Waals surface area contributed by atoms with E-state index < -0.39 is 0 Å². The van der Waals surface area contributed by atoms with Crippen LogP contribution >= 0.6 is 0 Å². The van der Waals surface area contributed by atoms with Crippen LogP contribution in [0.25, 0.3) is 0 Å². The van der Waals surface area contributed by atoms with Crippen molar-refractivity contribution in [3.05, 3.63) is 59.4 Å². The van der Waals surface area contributed by atoms with Crippen LogP contribution < -0.4 is 0 Å². The third kappa shape index (κ3) is 3.04. The van der Waals surface area contributed by atoms with Crippen LogP contribution in [0.2, 0.25) is 0 Å². The fourth-order valence-electron chi connectivity index (χ4n) is 3.81. The Morgan fingerprint density at radius 2 is 1.91 bits per heavy atom. The lowest BCUT2D eigenvalue weighted by molar-refractivity contribution is 0.0711. The molecule has 4 rings (SSSR count). The molecule has 2 aliphatic rings. The summed E-state index contributed by atoms with van der Waals surface area (Å²) in [5.74, 6) is 0.850. The van der Waals surface area contributed by atoms with Crippen molar-refractivity contribution in [1.82, 2.24) is 14.8 Å². The summed E-state index contributed by atoms with van der Waals surface area (Å²) in [7, 11) is 0. The third-order valence-corrected chi connectivity index (χ3v) is 5.14. The quantitative estimate of drug-likeness (QED) is 0.943. The van der Waals surface area contributed by atoms with Gasteiger partial charge in [0, 0.05) is 37.1 Å². The maximum absolute atomic E-state index is 12.5. The van der Waals surface area contributed by atoms with Gasteiger partial charge in [-0.15, -0.1) is 0 Å². The highest BCUT2D eigenvalue weighted by atomic mass is 16.2. The van der Waals surface area contributed by atoms with Gasteiger partial charge in [0.2, 0.25) is 0 Å². The Bertz CT molecular complexity index is 672. The highest BCUT2D eigenvalue weighted by molar-refractivity contribution is 5.98. The molecule has 120 valence electrons. The van der Waals surface area contributed by atoms with Gasteiger partial charge >= 0.3 is 0 Å². The van der Waals surface area contributed by atoms with Crippen LogP contribution in [0.4, 0.5) is 0 Å². The number of likely N-dealkylation sites (tertiary alicyclic amines) is 1. The van der Waals surface area contributed by atoms with E-state index in [1.807, 2.05) is 29.3 Å². The largest absolute Gasteiger partial charge is 0.364 e. The number of aromatic nitrogens is 1. The summed E-state index contributed by atoms with van der Waals surface area (Å²) < 4.78 is 0. The molecule has 0 radical (unpaired) electrons. The molecular formula is C19H23N3O. The number of hydrogen-bond acceptors (Lipinski definition) is 2. The minimum atomic E-state index is 0.217. The molecule has 3 heterocycles. The Balaban J connectivity index is 1.30. The molecule has 4 heteroatoms. The first-order valence-corrected chi connectivity index (χ1v) is 8.51. The van der Waals surface area contributed by atoms with Gasteiger partial charge in [-0.2, -0.15) is 0 Å². The smallest absolute Gasteiger partial charge is 0.254 e. The molecule has 1 amide bonds. The van der Waals surface area contributed by atoms with Crippen LogP contribution in [0.1, 0.15) is 34.5 Å². The van der Waals surface area contributed by atoms with Crippen LogP contribution in [-0.4, -0.2) is 40.3 Å². The fourth-order valence-corrected chi connectivity index (χ4v) is 3.81. The van der Waals surface area contributed by atoms with Gasteiger partial charge in [-0.3, -0.25) is 9.69 Å². The molecule has 1 saturated heterocycles. The molecule has 0 atom stereocenters. The number of benzene rings is 1. The molecule has 0 bridgehead atoms. The van der Waals surface area contributed by atoms with Crippen LogP contribution in [0.5, 0.6) is 0 Å². The molecule has 0 aliphatic carbocycles. The van der Waals surface area contributed by atoms with E-state index in [-0.39, 0.29) is 5.91 Å². The van der Waals surface area contributed by atoms with Gasteiger partial charge in [-0.25, -0.2) is 0 Å². The number of rotatable bonds is 4. The van der Waals surface area contributed by atoms with Crippen LogP contribution in [0, 0.1) is 5.92 Å². The maximum atomic E-state index is 12.5. The van der Waals surface area contributed by atoms with Gasteiger partial charge in [-0.05, 0) is 55.6 Å². The topological polar surface area (TPSA) is 39.3 Å². The number of H-pyrrole nitrogens is 1. The number of nitrogens with one attached hydrogen (secondary N) is 1. The number of carbonyl (C=O) groups is 1. The average Bonchev–Trinajstić information content (AvgIpc) is 3.19. The summed E-state index contributed by atoms with van der Waals surface area (Å²) in [6.07, 6.45) is 4.35. The number of aromatic amines is 1. The SMILES string of the molecule is O=C1c2ccccc2CN1CC1CCN(Cc2ccc[nH]2)CC1. The second-order valence-corrected chi connectivity index (χ2v) is 6.76. The zero-order chi connectivity index (χ0) is 15.6. The second kappa shape index (κ2) is 6.20. The zero-order valence-corrected chi connectivity index (χ0v) is 13.4. The molecule has 0 saturated carbocycles. The van der Waals surface area contributed by atoms with E-state index in [4.69, 9.17) is 0 Å². The summed E-state index contributed by atoms with van der Waals surface area (Å²) in [4.78, 5) is 20.3. The van der Waals surface area contributed by atoms with Crippen molar-refractivity contribution in [2.24, 2.45) is 5.92 Å². The van der Waals surface area contributed by atoms with E-state index >= 15 is 0 Å². The van der Waals surface area contributed by atoms with Crippen LogP contribution in [0.15, 0.2) is 42.6 Å². The predicted octanol–water partition coefficient (Wildman–Crippen LogP) is 2.88. The van der Waals surface area contributed by atoms with Crippen LogP contribution in [-0.2, 0) is 13.1 Å². The van der Waals surface area contributed by atoms with Gasteiger partial charge in [0.25, 0.3) is 5.91 Å². The van der Waals surface area contributed by atoms with E-state index in [9.17, 15) is 4.79 Å². The summed E-state index contributed by atoms with van der Waals surface area (Å²) >= 11 is 0. The second-order valence-electron chi connectivity index (χ2n) is 6.76. The maximum Gasteiger partial charge on any atom is 0.254 e. The molecule has 4 nitrogen and oxygen atoms in total. The Hall–Kier alpha value is -2.07. The standard InChI is InChI=1S/C19H23N3O/c23-19-18-6-2-1-4-16(18)13-22(19)12-15-7-10-21(11-8-15)14-17-5-3-9-20-17/h1-6,9,15,20H,7-8,10-14H2. The third-order valence-electron chi connectivity index (χ3n) is 5.14. The van der Waals surface area contributed by atoms with E-state index in [1.165, 1.54) is 24.1 Å². The Morgan fingerprint density at radius 3 is 2.65 bits per heavy atom. The van der Waals surface area contributed by atoms with Crippen LogP contribution in [0.3, 0.4) is 0 Å². The van der Waals surface area contributed by atoms with Gasteiger partial charge in [0.15, 0.2) is 0 Å². The summed E-state index contributed by atoms with van der Waals surface area (Å²) in [6.45, 7) is 4.95. The first-order chi connectivity index (χ1) is 11.3. The monoisotopic (exact) mass is 309 g/mol. The van der Waals surface area contributed by atoms with Crippen molar-refractivity contribution < 1.29 is 4.79 Å². The molecular weight excluding hydrogens is 286 g/mol. The van der Waals surface area contributed by atoms with Crippen molar-refractivity contribution in [3.8, 4) is 0 Å². The molecule has 23 heavy (non-hydrogen) atoms. The zero-order valence-electron chi connectivity index (χ0n) is 13.4. The van der Waals surface area contributed by atoms with Crippen molar-refractivity contribution in [2.45, 2.75) is 25.9 Å². The lowest BCUT2D eigenvalue weighted by Crippen LogP contribution is -2.38. The predicted molar refractivity (Wildman–Crippen MR) is 90.0 cm³/mol. The molecule has 0 unspecified atom stereocenters. The fraction of sp³-hybridized carbons (Fsp3) is 0.421. The highest BCUT2D eigenvalue weighted by Crippen LogP contribution is 2.26. The molecule has 1 fully saturated rings. The van der Waals surface area contributed by atoms with Gasteiger partial charge in [-0.1, -0.05) is 18.2 Å². The van der Waals surface area contributed by atoms with E-state index in [0.29, 0.717) is 5.92 Å². The van der Waals surface area contributed by atoms with E-state index in [2.05, 4.69) is 28.1 Å². The van der Waals surface area contributed by atoms with Crippen molar-refractivity contribution >= 4 is 5.91 Å².